The highest BCUT2D eigenvalue weighted by Crippen LogP contribution is 2.22. The zero-order valence-corrected chi connectivity index (χ0v) is 17.1. The Hall–Kier alpha value is -3.39. The second-order valence-corrected chi connectivity index (χ2v) is 7.65. The fraction of sp³-hybridized carbons (Fsp3) is 0.238. The predicted molar refractivity (Wildman–Crippen MR) is 116 cm³/mol. The van der Waals surface area contributed by atoms with Gasteiger partial charge in [0.05, 0.1) is 17.4 Å². The number of anilines is 2. The minimum Gasteiger partial charge on any atom is -0.397 e. The second kappa shape index (κ2) is 8.16. The van der Waals surface area contributed by atoms with E-state index in [2.05, 4.69) is 15.5 Å². The third kappa shape index (κ3) is 3.99. The van der Waals surface area contributed by atoms with E-state index < -0.39 is 6.04 Å². The number of benzene rings is 2. The first-order valence-corrected chi connectivity index (χ1v) is 9.92. The number of amides is 3. The molecule has 4 rings (SSSR count). The molecule has 9 heteroatoms. The van der Waals surface area contributed by atoms with Gasteiger partial charge in [-0.15, -0.1) is 0 Å². The summed E-state index contributed by atoms with van der Waals surface area (Å²) in [6.07, 6.45) is 1.52. The molecule has 0 radical (unpaired) electrons. The Morgan fingerprint density at radius 1 is 1.23 bits per heavy atom. The normalized spacial score (nSPS) is 16.7. The summed E-state index contributed by atoms with van der Waals surface area (Å²) in [5.41, 5.74) is 8.74. The van der Waals surface area contributed by atoms with Crippen LogP contribution < -0.4 is 11.1 Å². The monoisotopic (exact) mass is 424 g/mol. The number of carbonyl (C=O) groups excluding carboxylic acids is 2. The molecule has 3 aromatic rings. The molecule has 1 aromatic heterocycles. The average Bonchev–Trinajstić information content (AvgIpc) is 2.73. The molecule has 1 fully saturated rings. The summed E-state index contributed by atoms with van der Waals surface area (Å²) in [7, 11) is 0. The van der Waals surface area contributed by atoms with Crippen molar-refractivity contribution in [2.24, 2.45) is 0 Å². The third-order valence-electron chi connectivity index (χ3n) is 5.21. The molecule has 3 amide bonds. The van der Waals surface area contributed by atoms with Crippen LogP contribution >= 0.6 is 11.6 Å². The van der Waals surface area contributed by atoms with Crippen LogP contribution in [-0.2, 0) is 11.3 Å². The van der Waals surface area contributed by atoms with E-state index in [9.17, 15) is 9.59 Å². The van der Waals surface area contributed by atoms with Gasteiger partial charge < -0.3 is 20.9 Å². The topological polar surface area (TPSA) is 104 Å². The van der Waals surface area contributed by atoms with Crippen molar-refractivity contribution in [3.63, 3.8) is 0 Å². The summed E-state index contributed by atoms with van der Waals surface area (Å²) in [6, 6.07) is 11.7. The molecule has 154 valence electrons. The lowest BCUT2D eigenvalue weighted by Gasteiger charge is -2.39. The van der Waals surface area contributed by atoms with Crippen LogP contribution in [0.4, 0.5) is 16.2 Å². The summed E-state index contributed by atoms with van der Waals surface area (Å²) < 4.78 is 0. The van der Waals surface area contributed by atoms with Crippen molar-refractivity contribution in [1.29, 1.82) is 0 Å². The average molecular weight is 425 g/mol. The first-order valence-electron chi connectivity index (χ1n) is 9.54. The van der Waals surface area contributed by atoms with Gasteiger partial charge in [0.25, 0.3) is 0 Å². The SMILES string of the molecule is CC1C(=O)N(Cc2ccc3c(N)cnnc3c2)CCN1C(=O)Nc1ccc(Cl)cc1. The molecule has 3 N–H and O–H groups in total. The van der Waals surface area contributed by atoms with Crippen LogP contribution in [0.15, 0.2) is 48.7 Å². The van der Waals surface area contributed by atoms with Crippen LogP contribution in [0, 0.1) is 0 Å². The first-order chi connectivity index (χ1) is 14.4. The molecule has 0 saturated carbocycles. The highest BCUT2D eigenvalue weighted by atomic mass is 35.5. The molecular formula is C21H21ClN6O2. The van der Waals surface area contributed by atoms with Gasteiger partial charge >= 0.3 is 6.03 Å². The van der Waals surface area contributed by atoms with Crippen molar-refractivity contribution in [2.45, 2.75) is 19.5 Å². The van der Waals surface area contributed by atoms with Crippen molar-refractivity contribution >= 4 is 45.8 Å². The third-order valence-corrected chi connectivity index (χ3v) is 5.46. The number of carbonyl (C=O) groups is 2. The van der Waals surface area contributed by atoms with Crippen LogP contribution in [0.3, 0.4) is 0 Å². The molecule has 1 unspecified atom stereocenters. The number of nitrogens with zero attached hydrogens (tertiary/aromatic N) is 4. The van der Waals surface area contributed by atoms with E-state index in [0.717, 1.165) is 10.9 Å². The van der Waals surface area contributed by atoms with Gasteiger partial charge in [0.2, 0.25) is 5.91 Å². The summed E-state index contributed by atoms with van der Waals surface area (Å²) in [4.78, 5) is 28.8. The molecule has 0 spiro atoms. The van der Waals surface area contributed by atoms with E-state index in [1.54, 1.807) is 41.0 Å². The Labute approximate surface area is 178 Å². The maximum atomic E-state index is 12.9. The second-order valence-electron chi connectivity index (χ2n) is 7.22. The lowest BCUT2D eigenvalue weighted by atomic mass is 10.1. The van der Waals surface area contributed by atoms with E-state index in [-0.39, 0.29) is 11.9 Å². The summed E-state index contributed by atoms with van der Waals surface area (Å²) in [5, 5.41) is 12.2. The van der Waals surface area contributed by atoms with Crippen LogP contribution in [0.1, 0.15) is 12.5 Å². The fourth-order valence-electron chi connectivity index (χ4n) is 3.54. The van der Waals surface area contributed by atoms with Crippen LogP contribution in [0.25, 0.3) is 10.9 Å². The number of urea groups is 1. The number of halogens is 1. The maximum absolute atomic E-state index is 12.9. The van der Waals surface area contributed by atoms with E-state index >= 15 is 0 Å². The highest BCUT2D eigenvalue weighted by Gasteiger charge is 2.34. The van der Waals surface area contributed by atoms with E-state index in [4.69, 9.17) is 17.3 Å². The Morgan fingerprint density at radius 3 is 2.77 bits per heavy atom. The van der Waals surface area contributed by atoms with E-state index in [1.165, 1.54) is 6.20 Å². The van der Waals surface area contributed by atoms with E-state index in [0.29, 0.717) is 41.5 Å². The van der Waals surface area contributed by atoms with Gasteiger partial charge in [0, 0.05) is 35.7 Å². The summed E-state index contributed by atoms with van der Waals surface area (Å²) in [5.74, 6) is -0.105. The molecule has 1 aliphatic heterocycles. The quantitative estimate of drug-likeness (QED) is 0.672. The van der Waals surface area contributed by atoms with Crippen LogP contribution in [-0.4, -0.2) is 51.1 Å². The van der Waals surface area contributed by atoms with Crippen molar-refractivity contribution in [1.82, 2.24) is 20.0 Å². The van der Waals surface area contributed by atoms with Crippen molar-refractivity contribution in [2.75, 3.05) is 24.1 Å². The number of fused-ring (bicyclic) bond motifs is 1. The van der Waals surface area contributed by atoms with Gasteiger partial charge in [-0.2, -0.15) is 10.2 Å². The number of piperazine rings is 1. The van der Waals surface area contributed by atoms with Gasteiger partial charge in [-0.05, 0) is 42.8 Å². The molecule has 1 aliphatic rings. The van der Waals surface area contributed by atoms with Crippen LogP contribution in [0.5, 0.6) is 0 Å². The molecule has 30 heavy (non-hydrogen) atoms. The molecule has 0 aliphatic carbocycles. The number of aromatic nitrogens is 2. The van der Waals surface area contributed by atoms with Gasteiger partial charge in [0.1, 0.15) is 6.04 Å². The van der Waals surface area contributed by atoms with Gasteiger partial charge in [-0.25, -0.2) is 4.79 Å². The van der Waals surface area contributed by atoms with E-state index in [1.807, 2.05) is 18.2 Å². The van der Waals surface area contributed by atoms with Crippen LogP contribution in [0.2, 0.25) is 5.02 Å². The summed E-state index contributed by atoms with van der Waals surface area (Å²) in [6.45, 7) is 3.05. The van der Waals surface area contributed by atoms with Gasteiger partial charge in [-0.3, -0.25) is 4.79 Å². The Balaban J connectivity index is 1.43. The smallest absolute Gasteiger partial charge is 0.322 e. The molecule has 1 saturated heterocycles. The molecule has 0 bridgehead atoms. The largest absolute Gasteiger partial charge is 0.397 e. The molecular weight excluding hydrogens is 404 g/mol. The minimum absolute atomic E-state index is 0.105. The zero-order chi connectivity index (χ0) is 21.3. The zero-order valence-electron chi connectivity index (χ0n) is 16.4. The first kappa shape index (κ1) is 19.9. The molecule has 2 heterocycles. The van der Waals surface area contributed by atoms with Gasteiger partial charge in [-0.1, -0.05) is 23.7 Å². The number of hydrogen-bond acceptors (Lipinski definition) is 5. The lowest BCUT2D eigenvalue weighted by Crippen LogP contribution is -2.58. The maximum Gasteiger partial charge on any atom is 0.322 e. The molecule has 2 aromatic carbocycles. The molecule has 8 nitrogen and oxygen atoms in total. The summed E-state index contributed by atoms with van der Waals surface area (Å²) >= 11 is 5.87. The number of hydrogen-bond donors (Lipinski definition) is 2. The number of rotatable bonds is 3. The standard InChI is InChI=1S/C21H21ClN6O2/c1-13-20(29)27(12-14-2-7-17-18(23)11-24-26-19(17)10-14)8-9-28(13)21(30)25-16-5-3-15(22)4-6-16/h2-7,10-11,13H,8-9,12H2,1H3,(H2,23,26)(H,25,30). The minimum atomic E-state index is -0.568. The molecule has 1 atom stereocenters. The van der Waals surface area contributed by atoms with Crippen molar-refractivity contribution < 1.29 is 9.59 Å². The van der Waals surface area contributed by atoms with Crippen molar-refractivity contribution in [3.05, 3.63) is 59.2 Å². The highest BCUT2D eigenvalue weighted by molar-refractivity contribution is 6.30. The Kier molecular flexibility index (Phi) is 5.41. The van der Waals surface area contributed by atoms with Crippen molar-refractivity contribution in [3.8, 4) is 0 Å². The lowest BCUT2D eigenvalue weighted by molar-refractivity contribution is -0.139. The fourth-order valence-corrected chi connectivity index (χ4v) is 3.66. The number of nitrogens with one attached hydrogen (secondary N) is 1. The Morgan fingerprint density at radius 2 is 2.00 bits per heavy atom. The predicted octanol–water partition coefficient (Wildman–Crippen LogP) is 3.13. The Bertz CT molecular complexity index is 1100. The van der Waals surface area contributed by atoms with Gasteiger partial charge in [0.15, 0.2) is 0 Å². The number of nitrogen functional groups attached to an aromatic ring is 1. The number of nitrogens with two attached hydrogens (primary N) is 1.